The Balaban J connectivity index is 2.40. The average Bonchev–Trinajstić information content (AvgIpc) is 2.35. The van der Waals surface area contributed by atoms with Crippen LogP contribution in [0, 0.1) is 0 Å². The second-order valence-corrected chi connectivity index (χ2v) is 4.71. The van der Waals surface area contributed by atoms with Crippen LogP contribution in [0.4, 0.5) is 5.69 Å². The highest BCUT2D eigenvalue weighted by molar-refractivity contribution is 5.91. The summed E-state index contributed by atoms with van der Waals surface area (Å²) < 4.78 is 5.24. The summed E-state index contributed by atoms with van der Waals surface area (Å²) in [7, 11) is 0. The summed E-state index contributed by atoms with van der Waals surface area (Å²) in [5, 5.41) is 2.82. The minimum atomic E-state index is -0.106. The molecule has 100 valence electrons. The Morgan fingerprint density at radius 3 is 2.50 bits per heavy atom. The number of anilines is 1. The van der Waals surface area contributed by atoms with Crippen molar-refractivity contribution in [3.63, 3.8) is 0 Å². The lowest BCUT2D eigenvalue weighted by Gasteiger charge is -2.09. The molecule has 1 aromatic carbocycles. The van der Waals surface area contributed by atoms with Crippen molar-refractivity contribution in [2.75, 3.05) is 11.9 Å². The zero-order valence-corrected chi connectivity index (χ0v) is 11.5. The Kier molecular flexibility index (Phi) is 6.44. The molecular formula is C15H23NO2. The van der Waals surface area contributed by atoms with Gasteiger partial charge in [0, 0.05) is 5.69 Å². The Morgan fingerprint density at radius 1 is 1.28 bits per heavy atom. The molecule has 3 heteroatoms. The summed E-state index contributed by atoms with van der Waals surface area (Å²) in [4.78, 5) is 11.5. The van der Waals surface area contributed by atoms with E-state index in [1.807, 2.05) is 26.0 Å². The van der Waals surface area contributed by atoms with E-state index in [0.29, 0.717) is 0 Å². The Morgan fingerprint density at radius 2 is 1.94 bits per heavy atom. The fourth-order valence-corrected chi connectivity index (χ4v) is 1.58. The van der Waals surface area contributed by atoms with Gasteiger partial charge in [0.2, 0.25) is 5.91 Å². The fraction of sp³-hybridized carbons (Fsp3) is 0.533. The Bertz CT molecular complexity index is 357. The van der Waals surface area contributed by atoms with Gasteiger partial charge in [0.25, 0.3) is 0 Å². The number of benzene rings is 1. The number of rotatable bonds is 7. The van der Waals surface area contributed by atoms with Gasteiger partial charge in [0.1, 0.15) is 6.61 Å². The molecule has 1 rings (SSSR count). The second kappa shape index (κ2) is 7.88. The molecule has 0 unspecified atom stereocenters. The molecule has 0 aliphatic rings. The first kappa shape index (κ1) is 14.7. The van der Waals surface area contributed by atoms with E-state index in [-0.39, 0.29) is 18.6 Å². The molecule has 0 atom stereocenters. The van der Waals surface area contributed by atoms with Gasteiger partial charge in [-0.15, -0.1) is 0 Å². The van der Waals surface area contributed by atoms with E-state index in [1.165, 1.54) is 18.4 Å². The topological polar surface area (TPSA) is 38.3 Å². The number of carbonyl (C=O) groups excluding carboxylic acids is 1. The van der Waals surface area contributed by atoms with Crippen molar-refractivity contribution in [3.8, 4) is 0 Å². The Hall–Kier alpha value is -1.35. The van der Waals surface area contributed by atoms with E-state index in [9.17, 15) is 4.79 Å². The third-order valence-electron chi connectivity index (χ3n) is 2.60. The molecule has 3 nitrogen and oxygen atoms in total. The molecule has 1 amide bonds. The number of ether oxygens (including phenoxy) is 1. The molecular weight excluding hydrogens is 226 g/mol. The molecule has 1 N–H and O–H groups in total. The molecule has 1 aromatic rings. The summed E-state index contributed by atoms with van der Waals surface area (Å²) in [6.07, 6.45) is 3.58. The molecule has 0 fully saturated rings. The molecule has 0 aliphatic heterocycles. The normalized spacial score (nSPS) is 10.7. The summed E-state index contributed by atoms with van der Waals surface area (Å²) in [6, 6.07) is 8.01. The van der Waals surface area contributed by atoms with Gasteiger partial charge < -0.3 is 10.1 Å². The number of hydrogen-bond acceptors (Lipinski definition) is 2. The minimum Gasteiger partial charge on any atom is -0.369 e. The summed E-state index contributed by atoms with van der Waals surface area (Å²) >= 11 is 0. The van der Waals surface area contributed by atoms with Crippen molar-refractivity contribution in [1.82, 2.24) is 0 Å². The van der Waals surface area contributed by atoms with Crippen molar-refractivity contribution in [3.05, 3.63) is 29.8 Å². The van der Waals surface area contributed by atoms with Crippen molar-refractivity contribution in [2.45, 2.75) is 46.1 Å². The number of aryl methyl sites for hydroxylation is 1. The van der Waals surface area contributed by atoms with Crippen LogP contribution in [0.5, 0.6) is 0 Å². The average molecular weight is 249 g/mol. The molecule has 18 heavy (non-hydrogen) atoms. The van der Waals surface area contributed by atoms with Gasteiger partial charge in [-0.1, -0.05) is 25.5 Å². The lowest BCUT2D eigenvalue weighted by Crippen LogP contribution is -2.20. The van der Waals surface area contributed by atoms with Gasteiger partial charge in [-0.25, -0.2) is 0 Å². The number of nitrogens with one attached hydrogen (secondary N) is 1. The minimum absolute atomic E-state index is 0.0761. The van der Waals surface area contributed by atoms with Crippen LogP contribution in [-0.4, -0.2) is 18.6 Å². The third-order valence-corrected chi connectivity index (χ3v) is 2.60. The predicted molar refractivity (Wildman–Crippen MR) is 74.8 cm³/mol. The van der Waals surface area contributed by atoms with Gasteiger partial charge in [0.15, 0.2) is 0 Å². The van der Waals surface area contributed by atoms with Crippen LogP contribution in [-0.2, 0) is 16.0 Å². The lowest BCUT2D eigenvalue weighted by atomic mass is 10.1. The SMILES string of the molecule is CCCCc1ccc(NC(=O)COC(C)C)cc1. The standard InChI is InChI=1S/C15H23NO2/c1-4-5-6-13-7-9-14(10-8-13)16-15(17)11-18-12(2)3/h7-10,12H,4-6,11H2,1-3H3,(H,16,17). The molecule has 0 spiro atoms. The van der Waals surface area contributed by atoms with Crippen molar-refractivity contribution >= 4 is 11.6 Å². The largest absolute Gasteiger partial charge is 0.369 e. The van der Waals surface area contributed by atoms with Gasteiger partial charge in [-0.3, -0.25) is 4.79 Å². The van der Waals surface area contributed by atoms with E-state index in [2.05, 4.69) is 24.4 Å². The highest BCUT2D eigenvalue weighted by atomic mass is 16.5. The summed E-state index contributed by atoms with van der Waals surface area (Å²) in [5.41, 5.74) is 2.14. The van der Waals surface area contributed by atoms with Gasteiger partial charge in [-0.05, 0) is 44.4 Å². The zero-order valence-electron chi connectivity index (χ0n) is 11.5. The van der Waals surface area contributed by atoms with Gasteiger partial charge in [0.05, 0.1) is 6.10 Å². The van der Waals surface area contributed by atoms with Crippen molar-refractivity contribution < 1.29 is 9.53 Å². The van der Waals surface area contributed by atoms with Crippen LogP contribution in [0.1, 0.15) is 39.2 Å². The van der Waals surface area contributed by atoms with E-state index in [0.717, 1.165) is 12.1 Å². The molecule has 0 saturated carbocycles. The quantitative estimate of drug-likeness (QED) is 0.804. The van der Waals surface area contributed by atoms with Crippen LogP contribution >= 0.6 is 0 Å². The van der Waals surface area contributed by atoms with Crippen LogP contribution in [0.15, 0.2) is 24.3 Å². The molecule has 0 saturated heterocycles. The van der Waals surface area contributed by atoms with Crippen LogP contribution in [0.25, 0.3) is 0 Å². The molecule has 0 aliphatic carbocycles. The first-order valence-corrected chi connectivity index (χ1v) is 6.62. The van der Waals surface area contributed by atoms with Crippen molar-refractivity contribution in [2.24, 2.45) is 0 Å². The molecule has 0 heterocycles. The van der Waals surface area contributed by atoms with Crippen molar-refractivity contribution in [1.29, 1.82) is 0 Å². The third kappa shape index (κ3) is 5.82. The second-order valence-electron chi connectivity index (χ2n) is 4.71. The van der Waals surface area contributed by atoms with E-state index in [1.54, 1.807) is 0 Å². The maximum absolute atomic E-state index is 11.5. The van der Waals surface area contributed by atoms with Gasteiger partial charge in [-0.2, -0.15) is 0 Å². The first-order chi connectivity index (χ1) is 8.61. The summed E-state index contributed by atoms with van der Waals surface area (Å²) in [6.45, 7) is 6.12. The molecule has 0 radical (unpaired) electrons. The predicted octanol–water partition coefficient (Wildman–Crippen LogP) is 3.39. The lowest BCUT2D eigenvalue weighted by molar-refractivity contribution is -0.121. The maximum Gasteiger partial charge on any atom is 0.250 e. The highest BCUT2D eigenvalue weighted by Crippen LogP contribution is 2.11. The molecule has 0 aromatic heterocycles. The number of unbranched alkanes of at least 4 members (excludes halogenated alkanes) is 1. The zero-order chi connectivity index (χ0) is 13.4. The monoisotopic (exact) mass is 249 g/mol. The smallest absolute Gasteiger partial charge is 0.250 e. The van der Waals surface area contributed by atoms with E-state index in [4.69, 9.17) is 4.74 Å². The van der Waals surface area contributed by atoms with E-state index < -0.39 is 0 Å². The maximum atomic E-state index is 11.5. The van der Waals surface area contributed by atoms with Crippen LogP contribution < -0.4 is 5.32 Å². The molecule has 0 bridgehead atoms. The number of carbonyl (C=O) groups is 1. The number of hydrogen-bond donors (Lipinski definition) is 1. The highest BCUT2D eigenvalue weighted by Gasteiger charge is 2.03. The first-order valence-electron chi connectivity index (χ1n) is 6.62. The fourth-order valence-electron chi connectivity index (χ4n) is 1.58. The summed E-state index contributed by atoms with van der Waals surface area (Å²) in [5.74, 6) is -0.106. The van der Waals surface area contributed by atoms with Gasteiger partial charge >= 0.3 is 0 Å². The Labute approximate surface area is 110 Å². The van der Waals surface area contributed by atoms with Crippen LogP contribution in [0.3, 0.4) is 0 Å². The number of amides is 1. The van der Waals surface area contributed by atoms with Crippen LogP contribution in [0.2, 0.25) is 0 Å². The van der Waals surface area contributed by atoms with E-state index >= 15 is 0 Å².